The van der Waals surface area contributed by atoms with Crippen molar-refractivity contribution >= 4 is 17.5 Å². The summed E-state index contributed by atoms with van der Waals surface area (Å²) in [6.07, 6.45) is 2.06. The molecule has 2 saturated heterocycles. The number of ether oxygens (including phenoxy) is 2. The van der Waals surface area contributed by atoms with Crippen molar-refractivity contribution in [2.24, 2.45) is 5.41 Å². The summed E-state index contributed by atoms with van der Waals surface area (Å²) in [5.74, 6) is 0.477. The van der Waals surface area contributed by atoms with Gasteiger partial charge in [0.25, 0.3) is 0 Å². The molecule has 7 nitrogen and oxygen atoms in total. The van der Waals surface area contributed by atoms with E-state index in [1.807, 2.05) is 24.3 Å². The number of rotatable bonds is 6. The summed E-state index contributed by atoms with van der Waals surface area (Å²) in [6.45, 7) is 7.33. The van der Waals surface area contributed by atoms with Crippen LogP contribution in [0.2, 0.25) is 0 Å². The lowest BCUT2D eigenvalue weighted by Gasteiger charge is -2.39. The van der Waals surface area contributed by atoms with Crippen LogP contribution in [0.1, 0.15) is 26.7 Å². The minimum Gasteiger partial charge on any atom is -0.497 e. The molecule has 7 heteroatoms. The predicted octanol–water partition coefficient (Wildman–Crippen LogP) is 1.67. The summed E-state index contributed by atoms with van der Waals surface area (Å²) < 4.78 is 10.7. The van der Waals surface area contributed by atoms with Crippen molar-refractivity contribution in [1.29, 1.82) is 0 Å². The van der Waals surface area contributed by atoms with E-state index in [9.17, 15) is 9.59 Å². The van der Waals surface area contributed by atoms with E-state index < -0.39 is 5.41 Å². The summed E-state index contributed by atoms with van der Waals surface area (Å²) in [7, 11) is 1.65. The molecular weight excluding hydrogens is 358 g/mol. The zero-order valence-electron chi connectivity index (χ0n) is 17.1. The van der Waals surface area contributed by atoms with Crippen molar-refractivity contribution in [2.45, 2.75) is 32.8 Å². The number of nitrogens with zero attached hydrogens (tertiary/aromatic N) is 2. The molecule has 1 aromatic carbocycles. The fraction of sp³-hybridized carbons (Fsp3) is 0.619. The molecule has 154 valence electrons. The first-order valence-corrected chi connectivity index (χ1v) is 10.00. The van der Waals surface area contributed by atoms with E-state index in [1.54, 1.807) is 25.9 Å². The lowest BCUT2D eigenvalue weighted by atomic mass is 9.89. The van der Waals surface area contributed by atoms with Gasteiger partial charge in [0.05, 0.1) is 13.2 Å². The Kier molecular flexibility index (Phi) is 6.44. The van der Waals surface area contributed by atoms with Crippen LogP contribution in [0, 0.1) is 5.41 Å². The Hall–Kier alpha value is -2.28. The molecule has 0 spiro atoms. The highest BCUT2D eigenvalue weighted by atomic mass is 16.5. The van der Waals surface area contributed by atoms with E-state index in [2.05, 4.69) is 10.2 Å². The van der Waals surface area contributed by atoms with Crippen molar-refractivity contribution in [3.63, 3.8) is 0 Å². The monoisotopic (exact) mass is 389 g/mol. The highest BCUT2D eigenvalue weighted by Crippen LogP contribution is 2.24. The number of piperazine rings is 1. The lowest BCUT2D eigenvalue weighted by Crippen LogP contribution is -2.56. The number of anilines is 1. The molecule has 2 aliphatic rings. The van der Waals surface area contributed by atoms with Crippen LogP contribution in [0.5, 0.6) is 5.75 Å². The van der Waals surface area contributed by atoms with Gasteiger partial charge in [-0.1, -0.05) is 0 Å². The molecule has 2 amide bonds. The summed E-state index contributed by atoms with van der Waals surface area (Å²) >= 11 is 0. The number of hydrogen-bond donors (Lipinski definition) is 1. The smallest absolute Gasteiger partial charge is 0.237 e. The third kappa shape index (κ3) is 4.58. The summed E-state index contributed by atoms with van der Waals surface area (Å²) in [6, 6.07) is 7.93. The maximum atomic E-state index is 13.0. The van der Waals surface area contributed by atoms with Gasteiger partial charge in [-0.15, -0.1) is 0 Å². The molecule has 1 atom stereocenters. The molecule has 0 radical (unpaired) electrons. The molecular formula is C21H31N3O4. The lowest BCUT2D eigenvalue weighted by molar-refractivity contribution is -0.149. The average Bonchev–Trinajstić information content (AvgIpc) is 3.25. The summed E-state index contributed by atoms with van der Waals surface area (Å²) in [4.78, 5) is 29.6. The van der Waals surface area contributed by atoms with E-state index in [0.29, 0.717) is 19.6 Å². The number of methoxy groups -OCH3 is 1. The first-order valence-electron chi connectivity index (χ1n) is 10.00. The third-order valence-corrected chi connectivity index (χ3v) is 5.62. The van der Waals surface area contributed by atoms with Crippen molar-refractivity contribution in [3.8, 4) is 5.75 Å². The van der Waals surface area contributed by atoms with Crippen LogP contribution in [0.3, 0.4) is 0 Å². The Morgan fingerprint density at radius 3 is 2.43 bits per heavy atom. The van der Waals surface area contributed by atoms with Gasteiger partial charge in [0, 0.05) is 45.0 Å². The molecule has 0 aliphatic carbocycles. The summed E-state index contributed by atoms with van der Waals surface area (Å²) in [5.41, 5.74) is 0.0300. The zero-order chi connectivity index (χ0) is 20.1. The van der Waals surface area contributed by atoms with Gasteiger partial charge in [0.15, 0.2) is 0 Å². The number of carbonyl (C=O) groups is 2. The molecule has 1 N–H and O–H groups in total. The fourth-order valence-electron chi connectivity index (χ4n) is 3.69. The van der Waals surface area contributed by atoms with Gasteiger partial charge in [-0.25, -0.2) is 0 Å². The maximum Gasteiger partial charge on any atom is 0.237 e. The van der Waals surface area contributed by atoms with Crippen molar-refractivity contribution in [2.75, 3.05) is 51.3 Å². The minimum atomic E-state index is -1.08. The molecule has 2 heterocycles. The molecule has 1 aromatic rings. The van der Waals surface area contributed by atoms with Crippen LogP contribution in [-0.2, 0) is 14.3 Å². The van der Waals surface area contributed by atoms with Gasteiger partial charge in [0.1, 0.15) is 11.2 Å². The number of benzene rings is 1. The van der Waals surface area contributed by atoms with Gasteiger partial charge in [0.2, 0.25) is 11.8 Å². The Bertz CT molecular complexity index is 675. The topological polar surface area (TPSA) is 71.1 Å². The maximum absolute atomic E-state index is 13.0. The molecule has 2 aliphatic heterocycles. The van der Waals surface area contributed by atoms with E-state index >= 15 is 0 Å². The van der Waals surface area contributed by atoms with Crippen molar-refractivity contribution in [3.05, 3.63) is 24.3 Å². The Labute approximate surface area is 167 Å². The second-order valence-electron chi connectivity index (χ2n) is 7.95. The number of nitrogens with one attached hydrogen (secondary N) is 1. The Morgan fingerprint density at radius 1 is 1.18 bits per heavy atom. The molecule has 1 unspecified atom stereocenters. The second kappa shape index (κ2) is 8.82. The van der Waals surface area contributed by atoms with E-state index in [0.717, 1.165) is 44.0 Å². The number of carbonyl (C=O) groups excluding carboxylic acids is 2. The molecule has 28 heavy (non-hydrogen) atoms. The SMILES string of the molecule is COc1ccc(N2CCN(C(=O)C(C)(C)C(=O)NCC3CCCO3)CC2)cc1. The predicted molar refractivity (Wildman–Crippen MR) is 108 cm³/mol. The van der Waals surface area contributed by atoms with E-state index in [4.69, 9.17) is 9.47 Å². The molecule has 0 aromatic heterocycles. The van der Waals surface area contributed by atoms with Gasteiger partial charge in [-0.2, -0.15) is 0 Å². The Morgan fingerprint density at radius 2 is 1.86 bits per heavy atom. The number of amides is 2. The highest BCUT2D eigenvalue weighted by Gasteiger charge is 2.40. The number of hydrogen-bond acceptors (Lipinski definition) is 5. The molecule has 3 rings (SSSR count). The van der Waals surface area contributed by atoms with Crippen molar-refractivity contribution in [1.82, 2.24) is 10.2 Å². The van der Waals surface area contributed by atoms with Crippen LogP contribution in [0.4, 0.5) is 5.69 Å². The highest BCUT2D eigenvalue weighted by molar-refractivity contribution is 6.04. The van der Waals surface area contributed by atoms with Gasteiger partial charge < -0.3 is 24.6 Å². The molecule has 2 fully saturated rings. The minimum absolute atomic E-state index is 0.0721. The van der Waals surface area contributed by atoms with E-state index in [-0.39, 0.29) is 17.9 Å². The summed E-state index contributed by atoms with van der Waals surface area (Å²) in [5, 5.41) is 2.90. The average molecular weight is 389 g/mol. The molecule has 0 saturated carbocycles. The first-order chi connectivity index (χ1) is 13.4. The quantitative estimate of drug-likeness (QED) is 0.750. The Balaban J connectivity index is 1.51. The fourth-order valence-corrected chi connectivity index (χ4v) is 3.69. The standard InChI is InChI=1S/C21H31N3O4/c1-21(2,19(25)22-15-18-5-4-14-28-18)20(26)24-12-10-23(11-13-24)16-6-8-17(27-3)9-7-16/h6-9,18H,4-5,10-15H2,1-3H3,(H,22,25). The third-order valence-electron chi connectivity index (χ3n) is 5.62. The van der Waals surface area contributed by atoms with E-state index in [1.165, 1.54) is 0 Å². The zero-order valence-corrected chi connectivity index (χ0v) is 17.1. The normalized spacial score (nSPS) is 20.2. The van der Waals surface area contributed by atoms with Gasteiger partial charge >= 0.3 is 0 Å². The molecule has 0 bridgehead atoms. The van der Waals surface area contributed by atoms with Crippen LogP contribution in [-0.4, -0.2) is 69.3 Å². The van der Waals surface area contributed by atoms with Crippen LogP contribution in [0.25, 0.3) is 0 Å². The second-order valence-corrected chi connectivity index (χ2v) is 7.95. The van der Waals surface area contributed by atoms with Crippen LogP contribution in [0.15, 0.2) is 24.3 Å². The first kappa shape index (κ1) is 20.5. The van der Waals surface area contributed by atoms with Gasteiger partial charge in [-0.3, -0.25) is 9.59 Å². The largest absolute Gasteiger partial charge is 0.497 e. The van der Waals surface area contributed by atoms with Crippen molar-refractivity contribution < 1.29 is 19.1 Å². The van der Waals surface area contributed by atoms with Crippen LogP contribution < -0.4 is 15.0 Å². The van der Waals surface area contributed by atoms with Crippen LogP contribution >= 0.6 is 0 Å². The van der Waals surface area contributed by atoms with Gasteiger partial charge in [-0.05, 0) is 51.0 Å².